The number of ketones is 1. The maximum Gasteiger partial charge on any atom is 0.176 e. The lowest BCUT2D eigenvalue weighted by Crippen LogP contribution is -2.42. The Morgan fingerprint density at radius 1 is 1.15 bits per heavy atom. The molecule has 1 aromatic carbocycles. The fourth-order valence-electron chi connectivity index (χ4n) is 5.65. The van der Waals surface area contributed by atoms with Gasteiger partial charge in [0.05, 0.1) is 17.0 Å². The molecule has 5 heteroatoms. The molecule has 3 aromatic rings. The topological polar surface area (TPSA) is 79.5 Å². The summed E-state index contributed by atoms with van der Waals surface area (Å²) < 4.78 is 0. The van der Waals surface area contributed by atoms with Gasteiger partial charge in [-0.15, -0.1) is 0 Å². The standard InChI is InChI=1S/C28H26N4O/c1-17-16-30-13-12-21(17)27-31-24(19-8-5-4-6-9-19)22-10-7-11-23-18(2)25(33)20(15-29)14-28(23,3)26(22)32-27/h4-6,8-9,12-14,16,18,23H,7,10-11H2,1-3H3/t18-,23-,28-/m1/s1. The van der Waals surface area contributed by atoms with Crippen molar-refractivity contribution in [2.75, 3.05) is 0 Å². The molecule has 5 nitrogen and oxygen atoms in total. The number of allylic oxidation sites excluding steroid dienone is 2. The first kappa shape index (κ1) is 21.2. The highest BCUT2D eigenvalue weighted by molar-refractivity contribution is 6.02. The van der Waals surface area contributed by atoms with Gasteiger partial charge >= 0.3 is 0 Å². The second-order valence-corrected chi connectivity index (χ2v) is 9.38. The average molecular weight is 435 g/mol. The fraction of sp³-hybridized carbons (Fsp3) is 0.321. The molecular weight excluding hydrogens is 408 g/mol. The Bertz CT molecular complexity index is 1320. The van der Waals surface area contributed by atoms with Crippen LogP contribution < -0.4 is 0 Å². The highest BCUT2D eigenvalue weighted by atomic mass is 16.1. The van der Waals surface area contributed by atoms with Crippen LogP contribution in [0.25, 0.3) is 22.6 Å². The van der Waals surface area contributed by atoms with Gasteiger partial charge in [0.2, 0.25) is 0 Å². The summed E-state index contributed by atoms with van der Waals surface area (Å²) in [6.45, 7) is 6.12. The highest BCUT2D eigenvalue weighted by Gasteiger charge is 2.48. The summed E-state index contributed by atoms with van der Waals surface area (Å²) in [5.41, 5.74) is 5.73. The number of aromatic nitrogens is 3. The minimum atomic E-state index is -0.521. The molecule has 0 saturated heterocycles. The highest BCUT2D eigenvalue weighted by Crippen LogP contribution is 2.49. The molecule has 164 valence electrons. The molecule has 0 unspecified atom stereocenters. The summed E-state index contributed by atoms with van der Waals surface area (Å²) in [5.74, 6) is 0.479. The predicted octanol–water partition coefficient (Wildman–Crippen LogP) is 5.39. The van der Waals surface area contributed by atoms with Crippen LogP contribution in [0.15, 0.2) is 60.4 Å². The molecule has 2 heterocycles. The van der Waals surface area contributed by atoms with Gasteiger partial charge in [-0.1, -0.05) is 50.3 Å². The third-order valence-electron chi connectivity index (χ3n) is 7.39. The summed E-state index contributed by atoms with van der Waals surface area (Å²) >= 11 is 0. The van der Waals surface area contributed by atoms with Gasteiger partial charge < -0.3 is 0 Å². The normalized spacial score (nSPS) is 24.2. The number of carbonyl (C=O) groups is 1. The zero-order chi connectivity index (χ0) is 23.2. The van der Waals surface area contributed by atoms with E-state index in [-0.39, 0.29) is 23.2 Å². The van der Waals surface area contributed by atoms with Crippen LogP contribution in [0, 0.1) is 30.1 Å². The van der Waals surface area contributed by atoms with Gasteiger partial charge in [0.15, 0.2) is 11.6 Å². The van der Waals surface area contributed by atoms with Crippen molar-refractivity contribution in [1.82, 2.24) is 15.0 Å². The maximum absolute atomic E-state index is 12.9. The van der Waals surface area contributed by atoms with Crippen molar-refractivity contribution in [3.63, 3.8) is 0 Å². The number of nitriles is 1. The van der Waals surface area contributed by atoms with Crippen LogP contribution in [-0.4, -0.2) is 20.7 Å². The maximum atomic E-state index is 12.9. The van der Waals surface area contributed by atoms with Crippen LogP contribution in [-0.2, 0) is 16.6 Å². The number of fused-ring (bicyclic) bond motifs is 3. The van der Waals surface area contributed by atoms with Crippen LogP contribution in [0.4, 0.5) is 0 Å². The molecule has 0 N–H and O–H groups in total. The molecule has 0 spiro atoms. The number of benzene rings is 1. The van der Waals surface area contributed by atoms with Gasteiger partial charge in [-0.05, 0) is 43.7 Å². The Morgan fingerprint density at radius 2 is 1.94 bits per heavy atom. The lowest BCUT2D eigenvalue weighted by atomic mass is 9.61. The van der Waals surface area contributed by atoms with Gasteiger partial charge in [0.25, 0.3) is 0 Å². The van der Waals surface area contributed by atoms with Crippen LogP contribution in [0.3, 0.4) is 0 Å². The van der Waals surface area contributed by atoms with Gasteiger partial charge in [-0.3, -0.25) is 9.78 Å². The van der Waals surface area contributed by atoms with Crippen molar-refractivity contribution in [1.29, 1.82) is 5.26 Å². The number of hydrogen-bond donors (Lipinski definition) is 0. The van der Waals surface area contributed by atoms with E-state index in [1.165, 1.54) is 0 Å². The second kappa shape index (κ2) is 8.04. The fourth-order valence-corrected chi connectivity index (χ4v) is 5.65. The SMILES string of the molecule is Cc1cnccc1-c1nc(-c2ccccc2)c2c(n1)[C@]1(C)C=C(C#N)C(=O)[C@H](C)[C@H]1CCC2. The summed E-state index contributed by atoms with van der Waals surface area (Å²) in [6, 6.07) is 14.3. The Kier molecular flexibility index (Phi) is 5.17. The van der Waals surface area contributed by atoms with Gasteiger partial charge in [-0.2, -0.15) is 5.26 Å². The smallest absolute Gasteiger partial charge is 0.176 e. The average Bonchev–Trinajstić information content (AvgIpc) is 2.98. The van der Waals surface area contributed by atoms with E-state index in [4.69, 9.17) is 9.97 Å². The van der Waals surface area contributed by atoms with E-state index >= 15 is 0 Å². The summed E-state index contributed by atoms with van der Waals surface area (Å²) in [5, 5.41) is 9.73. The zero-order valence-electron chi connectivity index (χ0n) is 19.2. The Hall–Kier alpha value is -3.65. The van der Waals surface area contributed by atoms with Crippen LogP contribution in [0.2, 0.25) is 0 Å². The van der Waals surface area contributed by atoms with Crippen molar-refractivity contribution in [2.45, 2.75) is 45.4 Å². The van der Waals surface area contributed by atoms with Crippen molar-refractivity contribution < 1.29 is 4.79 Å². The van der Waals surface area contributed by atoms with Crippen molar-refractivity contribution in [2.24, 2.45) is 11.8 Å². The number of rotatable bonds is 2. The summed E-state index contributed by atoms with van der Waals surface area (Å²) in [6.07, 6.45) is 8.18. The molecule has 0 radical (unpaired) electrons. The minimum absolute atomic E-state index is 0.0500. The molecule has 2 aliphatic rings. The quantitative estimate of drug-likeness (QED) is 0.540. The minimum Gasteiger partial charge on any atom is -0.293 e. The molecule has 0 bridgehead atoms. The Morgan fingerprint density at radius 3 is 2.67 bits per heavy atom. The lowest BCUT2D eigenvalue weighted by molar-refractivity contribution is -0.121. The van der Waals surface area contributed by atoms with E-state index in [0.717, 1.165) is 52.9 Å². The first-order chi connectivity index (χ1) is 15.9. The van der Waals surface area contributed by atoms with E-state index in [1.807, 2.05) is 50.4 Å². The largest absolute Gasteiger partial charge is 0.293 e. The van der Waals surface area contributed by atoms with E-state index in [1.54, 1.807) is 6.20 Å². The number of hydrogen-bond acceptors (Lipinski definition) is 5. The third-order valence-corrected chi connectivity index (χ3v) is 7.39. The van der Waals surface area contributed by atoms with Gasteiger partial charge in [0.1, 0.15) is 6.07 Å². The van der Waals surface area contributed by atoms with E-state index < -0.39 is 5.41 Å². The Labute approximate surface area is 194 Å². The number of pyridine rings is 1. The molecule has 0 saturated carbocycles. The van der Waals surface area contributed by atoms with Gasteiger partial charge in [0, 0.05) is 40.4 Å². The molecule has 0 aliphatic heterocycles. The number of aryl methyl sites for hydroxylation is 1. The van der Waals surface area contributed by atoms with Crippen molar-refractivity contribution in [3.8, 4) is 28.7 Å². The third kappa shape index (κ3) is 3.38. The van der Waals surface area contributed by atoms with Gasteiger partial charge in [-0.25, -0.2) is 9.97 Å². The first-order valence-corrected chi connectivity index (χ1v) is 11.5. The Balaban J connectivity index is 1.85. The summed E-state index contributed by atoms with van der Waals surface area (Å²) in [4.78, 5) is 27.4. The molecular formula is C28H26N4O. The van der Waals surface area contributed by atoms with Crippen LogP contribution in [0.5, 0.6) is 0 Å². The second-order valence-electron chi connectivity index (χ2n) is 9.38. The van der Waals surface area contributed by atoms with E-state index in [2.05, 4.69) is 30.1 Å². The number of nitrogens with zero attached hydrogens (tertiary/aromatic N) is 4. The molecule has 33 heavy (non-hydrogen) atoms. The van der Waals surface area contributed by atoms with Crippen molar-refractivity contribution >= 4 is 5.78 Å². The molecule has 0 fully saturated rings. The van der Waals surface area contributed by atoms with E-state index in [9.17, 15) is 10.1 Å². The summed E-state index contributed by atoms with van der Waals surface area (Å²) in [7, 11) is 0. The van der Waals surface area contributed by atoms with E-state index in [0.29, 0.717) is 5.82 Å². The van der Waals surface area contributed by atoms with Crippen LogP contribution >= 0.6 is 0 Å². The molecule has 3 atom stereocenters. The zero-order valence-corrected chi connectivity index (χ0v) is 19.2. The molecule has 5 rings (SSSR count). The number of carbonyl (C=O) groups excluding carboxylic acids is 1. The van der Waals surface area contributed by atoms with Crippen molar-refractivity contribution in [3.05, 3.63) is 77.3 Å². The molecule has 0 amide bonds. The molecule has 2 aliphatic carbocycles. The van der Waals surface area contributed by atoms with Crippen LogP contribution in [0.1, 0.15) is 43.5 Å². The predicted molar refractivity (Wildman–Crippen MR) is 127 cm³/mol. The first-order valence-electron chi connectivity index (χ1n) is 11.5. The number of Topliss-reactive ketones (excluding diaryl/α,β-unsaturated/α-hetero) is 1. The monoisotopic (exact) mass is 434 g/mol. The lowest BCUT2D eigenvalue weighted by Gasteiger charge is -2.41. The molecule has 2 aromatic heterocycles.